The minimum absolute atomic E-state index is 0.189. The van der Waals surface area contributed by atoms with Crippen molar-refractivity contribution < 1.29 is 13.0 Å². The van der Waals surface area contributed by atoms with Crippen molar-refractivity contribution >= 4 is 27.2 Å². The summed E-state index contributed by atoms with van der Waals surface area (Å²) in [6.45, 7) is 1.76. The Morgan fingerprint density at radius 3 is 2.32 bits per heavy atom. The highest BCUT2D eigenvalue weighted by molar-refractivity contribution is 7.86. The molecule has 0 atom stereocenters. The molecule has 19 heavy (non-hydrogen) atoms. The molecule has 5 nitrogen and oxygen atoms in total. The van der Waals surface area contributed by atoms with Gasteiger partial charge in [0.1, 0.15) is 4.90 Å². The number of nitrogens with two attached hydrogens (primary N) is 1. The van der Waals surface area contributed by atoms with Gasteiger partial charge in [0.2, 0.25) is 0 Å². The molecule has 100 valence electrons. The van der Waals surface area contributed by atoms with Gasteiger partial charge in [0.15, 0.2) is 0 Å². The van der Waals surface area contributed by atoms with Gasteiger partial charge in [-0.15, -0.1) is 0 Å². The van der Waals surface area contributed by atoms with Crippen LogP contribution in [-0.4, -0.2) is 13.0 Å². The number of hydrogen-bond acceptors (Lipinski definition) is 4. The summed E-state index contributed by atoms with van der Waals surface area (Å²) in [6.07, 6.45) is 0. The van der Waals surface area contributed by atoms with Gasteiger partial charge < -0.3 is 11.1 Å². The van der Waals surface area contributed by atoms with Crippen LogP contribution in [0.3, 0.4) is 0 Å². The van der Waals surface area contributed by atoms with E-state index in [4.69, 9.17) is 5.73 Å². The molecule has 0 heterocycles. The summed E-state index contributed by atoms with van der Waals surface area (Å²) in [5.41, 5.74) is 7.78. The molecule has 0 unspecified atom stereocenters. The Morgan fingerprint density at radius 2 is 1.74 bits per heavy atom. The third-order valence-electron chi connectivity index (χ3n) is 2.75. The van der Waals surface area contributed by atoms with E-state index in [-0.39, 0.29) is 10.6 Å². The van der Waals surface area contributed by atoms with Crippen LogP contribution in [0.15, 0.2) is 47.4 Å². The summed E-state index contributed by atoms with van der Waals surface area (Å²) in [4.78, 5) is -0.237. The van der Waals surface area contributed by atoms with E-state index in [0.29, 0.717) is 11.4 Å². The lowest BCUT2D eigenvalue weighted by Crippen LogP contribution is -2.07. The number of nitrogen functional groups attached to an aromatic ring is 1. The van der Waals surface area contributed by atoms with Gasteiger partial charge >= 0.3 is 0 Å². The van der Waals surface area contributed by atoms with E-state index in [1.54, 1.807) is 37.3 Å². The first-order valence-corrected chi connectivity index (χ1v) is 7.02. The average molecular weight is 278 g/mol. The molecule has 0 amide bonds. The van der Waals surface area contributed by atoms with Crippen molar-refractivity contribution in [1.82, 2.24) is 0 Å². The third kappa shape index (κ3) is 2.86. The van der Waals surface area contributed by atoms with Crippen molar-refractivity contribution in [2.24, 2.45) is 0 Å². The molecular weight excluding hydrogens is 264 g/mol. The van der Waals surface area contributed by atoms with E-state index in [9.17, 15) is 13.0 Å². The number of para-hydroxylation sites is 1. The fourth-order valence-corrected chi connectivity index (χ4v) is 2.37. The van der Waals surface area contributed by atoms with Gasteiger partial charge in [-0.25, -0.2) is 0 Å². The smallest absolute Gasteiger partial charge is 0.296 e. The number of nitrogens with one attached hydrogen (secondary N) is 1. The second kappa shape index (κ2) is 4.91. The van der Waals surface area contributed by atoms with Gasteiger partial charge in [0, 0.05) is 5.69 Å². The van der Waals surface area contributed by atoms with Crippen LogP contribution in [0.25, 0.3) is 0 Å². The van der Waals surface area contributed by atoms with E-state index >= 15 is 0 Å². The molecule has 2 aromatic rings. The quantitative estimate of drug-likeness (QED) is 0.592. The zero-order valence-electron chi connectivity index (χ0n) is 10.3. The van der Waals surface area contributed by atoms with Gasteiger partial charge in [0.05, 0.1) is 11.4 Å². The minimum atomic E-state index is -4.34. The van der Waals surface area contributed by atoms with E-state index in [0.717, 1.165) is 5.56 Å². The zero-order valence-corrected chi connectivity index (χ0v) is 11.1. The van der Waals surface area contributed by atoms with Gasteiger partial charge in [-0.2, -0.15) is 8.42 Å². The first-order chi connectivity index (χ1) is 8.89. The fourth-order valence-electron chi connectivity index (χ4n) is 1.71. The summed E-state index contributed by atoms with van der Waals surface area (Å²) in [6, 6.07) is 11.9. The summed E-state index contributed by atoms with van der Waals surface area (Å²) in [5.74, 6) is 0. The van der Waals surface area contributed by atoms with Crippen LogP contribution >= 0.6 is 0 Å². The largest absolute Gasteiger partial charge is 0.397 e. The standard InChI is InChI=1S/C13H14N2O3S/c1-9-7-8-11(19(16,17)18)13(12(9)14)15-10-5-3-2-4-6-10/h2-8,15H,14H2,1H3,(H,16,17,18). The molecule has 0 saturated carbocycles. The molecule has 6 heteroatoms. The summed E-state index contributed by atoms with van der Waals surface area (Å²) in [5, 5.41) is 2.92. The van der Waals surface area contributed by atoms with Crippen LogP contribution in [0, 0.1) is 6.92 Å². The Kier molecular flexibility index (Phi) is 3.46. The predicted octanol–water partition coefficient (Wildman–Crippen LogP) is 2.57. The Bertz CT molecular complexity index is 697. The minimum Gasteiger partial charge on any atom is -0.397 e. The monoisotopic (exact) mass is 278 g/mol. The molecule has 0 aromatic heterocycles. The molecule has 2 aromatic carbocycles. The Hall–Kier alpha value is -2.05. The zero-order chi connectivity index (χ0) is 14.0. The number of anilines is 3. The van der Waals surface area contributed by atoms with E-state index in [1.807, 2.05) is 6.07 Å². The highest BCUT2D eigenvalue weighted by Gasteiger charge is 2.19. The predicted molar refractivity (Wildman–Crippen MR) is 75.1 cm³/mol. The van der Waals surface area contributed by atoms with Crippen molar-refractivity contribution in [3.8, 4) is 0 Å². The van der Waals surface area contributed by atoms with Crippen molar-refractivity contribution in [2.75, 3.05) is 11.1 Å². The molecule has 0 spiro atoms. The van der Waals surface area contributed by atoms with Crippen molar-refractivity contribution in [2.45, 2.75) is 11.8 Å². The fraction of sp³-hybridized carbons (Fsp3) is 0.0769. The lowest BCUT2D eigenvalue weighted by molar-refractivity contribution is 0.483. The van der Waals surface area contributed by atoms with E-state index < -0.39 is 10.1 Å². The highest BCUT2D eigenvalue weighted by atomic mass is 32.2. The SMILES string of the molecule is Cc1ccc(S(=O)(=O)O)c(Nc2ccccc2)c1N. The van der Waals surface area contributed by atoms with E-state index in [1.165, 1.54) is 6.07 Å². The molecule has 0 radical (unpaired) electrons. The molecule has 0 bridgehead atoms. The van der Waals surface area contributed by atoms with Crippen LogP contribution in [-0.2, 0) is 10.1 Å². The average Bonchev–Trinajstić information content (AvgIpc) is 2.35. The first-order valence-electron chi connectivity index (χ1n) is 5.58. The van der Waals surface area contributed by atoms with Crippen molar-refractivity contribution in [1.29, 1.82) is 0 Å². The van der Waals surface area contributed by atoms with Gasteiger partial charge in [-0.1, -0.05) is 24.3 Å². The van der Waals surface area contributed by atoms with Crippen molar-refractivity contribution in [3.63, 3.8) is 0 Å². The highest BCUT2D eigenvalue weighted by Crippen LogP contribution is 2.32. The van der Waals surface area contributed by atoms with Gasteiger partial charge in [-0.3, -0.25) is 4.55 Å². The summed E-state index contributed by atoms with van der Waals surface area (Å²) in [7, 11) is -4.34. The molecule has 0 fully saturated rings. The molecule has 0 aliphatic rings. The van der Waals surface area contributed by atoms with Gasteiger partial charge in [-0.05, 0) is 30.7 Å². The maximum absolute atomic E-state index is 11.4. The van der Waals surface area contributed by atoms with E-state index in [2.05, 4.69) is 5.32 Å². The second-order valence-electron chi connectivity index (χ2n) is 4.14. The molecule has 0 aliphatic heterocycles. The number of rotatable bonds is 3. The maximum atomic E-state index is 11.4. The van der Waals surface area contributed by atoms with Crippen LogP contribution in [0.5, 0.6) is 0 Å². The van der Waals surface area contributed by atoms with Crippen LogP contribution < -0.4 is 11.1 Å². The summed E-state index contributed by atoms with van der Waals surface area (Å²) >= 11 is 0. The van der Waals surface area contributed by atoms with Crippen LogP contribution in [0.4, 0.5) is 17.1 Å². The number of benzene rings is 2. The maximum Gasteiger partial charge on any atom is 0.296 e. The topological polar surface area (TPSA) is 92.4 Å². The van der Waals surface area contributed by atoms with Crippen LogP contribution in [0.1, 0.15) is 5.56 Å². The van der Waals surface area contributed by atoms with Gasteiger partial charge in [0.25, 0.3) is 10.1 Å². The summed E-state index contributed by atoms with van der Waals surface area (Å²) < 4.78 is 32.0. The lowest BCUT2D eigenvalue weighted by atomic mass is 10.1. The Labute approximate surface area is 111 Å². The normalized spacial score (nSPS) is 11.3. The number of aryl methyl sites for hydroxylation is 1. The molecular formula is C13H14N2O3S. The van der Waals surface area contributed by atoms with Crippen molar-refractivity contribution in [3.05, 3.63) is 48.0 Å². The molecule has 0 aliphatic carbocycles. The number of hydrogen-bond donors (Lipinski definition) is 3. The Balaban J connectivity index is 2.58. The van der Waals surface area contributed by atoms with Crippen LogP contribution in [0.2, 0.25) is 0 Å². The third-order valence-corrected chi connectivity index (χ3v) is 3.64. The molecule has 0 saturated heterocycles. The Morgan fingerprint density at radius 1 is 1.11 bits per heavy atom. The first kappa shape index (κ1) is 13.4. The second-order valence-corrected chi connectivity index (χ2v) is 5.53. The molecule has 4 N–H and O–H groups in total. The lowest BCUT2D eigenvalue weighted by Gasteiger charge is -2.14. The molecule has 2 rings (SSSR count).